The molecule has 0 saturated heterocycles. The largest absolute Gasteiger partial charge is 0.479 e. The third-order valence-electron chi connectivity index (χ3n) is 1.77. The minimum atomic E-state index is -2.25. The minimum Gasteiger partial charge on any atom is -0.479 e. The molecule has 0 aromatic heterocycles. The van der Waals surface area contributed by atoms with Gasteiger partial charge in [0.25, 0.3) is 0 Å². The average molecular weight is 284 g/mol. The van der Waals surface area contributed by atoms with Crippen LogP contribution in [0.3, 0.4) is 0 Å². The Bertz CT molecular complexity index is 301. The van der Waals surface area contributed by atoms with Gasteiger partial charge < -0.3 is 40.5 Å². The van der Waals surface area contributed by atoms with E-state index in [-0.39, 0.29) is 6.29 Å². The van der Waals surface area contributed by atoms with E-state index in [9.17, 15) is 14.4 Å². The van der Waals surface area contributed by atoms with Crippen LogP contribution >= 0.6 is 0 Å². The fraction of sp³-hybridized carbons (Fsp3) is 0.667. The SMILES string of the molecule is CC(O)C(=O)O.O=C[C@H](O)[C@@H](O)[C@@H](O)[C@H](O)C(=O)O. The molecule has 0 radical (unpaired) electrons. The van der Waals surface area contributed by atoms with Gasteiger partial charge in [-0.3, -0.25) is 0 Å². The van der Waals surface area contributed by atoms with Crippen LogP contribution in [0.5, 0.6) is 0 Å². The average Bonchev–Trinajstić information content (AvgIpc) is 2.35. The van der Waals surface area contributed by atoms with E-state index in [4.69, 9.17) is 35.7 Å². The smallest absolute Gasteiger partial charge is 0.335 e. The van der Waals surface area contributed by atoms with Crippen molar-refractivity contribution in [2.24, 2.45) is 0 Å². The summed E-state index contributed by atoms with van der Waals surface area (Å²) in [7, 11) is 0. The Morgan fingerprint density at radius 3 is 1.47 bits per heavy atom. The van der Waals surface area contributed by atoms with E-state index in [0.29, 0.717) is 0 Å². The number of aliphatic carboxylic acids is 2. The number of carboxylic acid groups (broad SMARTS) is 2. The molecule has 0 aliphatic carbocycles. The first kappa shape index (κ1) is 19.7. The third-order valence-corrected chi connectivity index (χ3v) is 1.77. The molecule has 0 bridgehead atoms. The summed E-state index contributed by atoms with van der Waals surface area (Å²) in [6, 6.07) is 0. The van der Waals surface area contributed by atoms with Gasteiger partial charge in [0.1, 0.15) is 24.4 Å². The molecule has 112 valence electrons. The van der Waals surface area contributed by atoms with Crippen molar-refractivity contribution < 1.29 is 50.1 Å². The predicted molar refractivity (Wildman–Crippen MR) is 57.0 cm³/mol. The van der Waals surface area contributed by atoms with Crippen molar-refractivity contribution in [3.05, 3.63) is 0 Å². The van der Waals surface area contributed by atoms with Crippen LogP contribution in [0.1, 0.15) is 6.92 Å². The van der Waals surface area contributed by atoms with E-state index < -0.39 is 42.5 Å². The van der Waals surface area contributed by atoms with E-state index in [0.717, 1.165) is 0 Å². The van der Waals surface area contributed by atoms with Gasteiger partial charge in [0.2, 0.25) is 0 Å². The quantitative estimate of drug-likeness (QED) is 0.237. The van der Waals surface area contributed by atoms with Gasteiger partial charge in [-0.05, 0) is 6.92 Å². The molecule has 10 nitrogen and oxygen atoms in total. The highest BCUT2D eigenvalue weighted by Gasteiger charge is 2.33. The number of hydrogen-bond acceptors (Lipinski definition) is 8. The summed E-state index contributed by atoms with van der Waals surface area (Å²) in [6.45, 7) is 1.20. The summed E-state index contributed by atoms with van der Waals surface area (Å²) < 4.78 is 0. The predicted octanol–water partition coefficient (Wildman–Crippen LogP) is -3.83. The first-order valence-corrected chi connectivity index (χ1v) is 4.87. The lowest BCUT2D eigenvalue weighted by Gasteiger charge is -2.21. The third kappa shape index (κ3) is 8.18. The van der Waals surface area contributed by atoms with E-state index >= 15 is 0 Å². The fourth-order valence-corrected chi connectivity index (χ4v) is 0.615. The summed E-state index contributed by atoms with van der Waals surface area (Å²) in [5, 5.41) is 59.0. The van der Waals surface area contributed by atoms with Gasteiger partial charge in [0.05, 0.1) is 0 Å². The monoisotopic (exact) mass is 284 g/mol. The summed E-state index contributed by atoms with van der Waals surface area (Å²) in [4.78, 5) is 29.4. The van der Waals surface area contributed by atoms with Crippen LogP contribution < -0.4 is 0 Å². The number of carboxylic acids is 2. The standard InChI is InChI=1S/C6H10O7.C3H6O3/c7-1-2(8)3(9)4(10)5(11)6(12)13;1-2(4)3(5)6/h1-5,8-11H,(H,12,13);2,4H,1H3,(H,5,6)/t2-,3+,4+,5-;/m0./s1. The highest BCUT2D eigenvalue weighted by atomic mass is 16.4. The van der Waals surface area contributed by atoms with Crippen molar-refractivity contribution in [3.63, 3.8) is 0 Å². The van der Waals surface area contributed by atoms with Crippen molar-refractivity contribution in [2.45, 2.75) is 37.4 Å². The molecule has 0 aliphatic heterocycles. The molecule has 0 saturated carbocycles. The first-order valence-electron chi connectivity index (χ1n) is 4.87. The van der Waals surface area contributed by atoms with Crippen LogP contribution in [0.25, 0.3) is 0 Å². The molecule has 0 aliphatic rings. The van der Waals surface area contributed by atoms with E-state index in [2.05, 4.69) is 0 Å². The zero-order valence-corrected chi connectivity index (χ0v) is 9.82. The Kier molecular flexibility index (Phi) is 9.72. The van der Waals surface area contributed by atoms with Crippen molar-refractivity contribution in [2.75, 3.05) is 0 Å². The molecule has 0 heterocycles. The van der Waals surface area contributed by atoms with Gasteiger partial charge in [0, 0.05) is 0 Å². The van der Waals surface area contributed by atoms with Gasteiger partial charge >= 0.3 is 11.9 Å². The molecule has 0 fully saturated rings. The number of aliphatic hydroxyl groups excluding tert-OH is 5. The van der Waals surface area contributed by atoms with Crippen molar-refractivity contribution in [1.82, 2.24) is 0 Å². The molecule has 10 heteroatoms. The maximum Gasteiger partial charge on any atom is 0.335 e. The molecule has 0 spiro atoms. The van der Waals surface area contributed by atoms with Crippen molar-refractivity contribution in [1.29, 1.82) is 0 Å². The maximum absolute atomic E-state index is 10.1. The number of hydrogen-bond donors (Lipinski definition) is 7. The van der Waals surface area contributed by atoms with Crippen LogP contribution in [0.15, 0.2) is 0 Å². The molecule has 7 N–H and O–H groups in total. The molecule has 5 atom stereocenters. The van der Waals surface area contributed by atoms with Gasteiger partial charge in [0.15, 0.2) is 12.4 Å². The molecule has 0 aromatic rings. The molecule has 0 rings (SSSR count). The Labute approximate surface area is 107 Å². The zero-order chi connectivity index (χ0) is 15.7. The number of aliphatic hydroxyl groups is 5. The normalized spacial score (nSPS) is 18.0. The summed E-state index contributed by atoms with van der Waals surface area (Å²) >= 11 is 0. The summed E-state index contributed by atoms with van der Waals surface area (Å²) in [5.41, 5.74) is 0. The second kappa shape index (κ2) is 9.35. The van der Waals surface area contributed by atoms with Crippen molar-refractivity contribution >= 4 is 18.2 Å². The lowest BCUT2D eigenvalue weighted by Crippen LogP contribution is -2.48. The van der Waals surface area contributed by atoms with Crippen LogP contribution in [0.4, 0.5) is 0 Å². The Hall–Kier alpha value is -1.59. The lowest BCUT2D eigenvalue weighted by molar-refractivity contribution is -0.163. The number of carbonyl (C=O) groups excluding carboxylic acids is 1. The fourth-order valence-electron chi connectivity index (χ4n) is 0.615. The van der Waals surface area contributed by atoms with Crippen LogP contribution in [0.2, 0.25) is 0 Å². The first-order chi connectivity index (χ1) is 8.56. The zero-order valence-electron chi connectivity index (χ0n) is 9.82. The van der Waals surface area contributed by atoms with Crippen LogP contribution in [-0.4, -0.2) is 84.5 Å². The highest BCUT2D eigenvalue weighted by molar-refractivity contribution is 5.73. The lowest BCUT2D eigenvalue weighted by atomic mass is 10.0. The van der Waals surface area contributed by atoms with E-state index in [1.165, 1.54) is 6.92 Å². The topological polar surface area (TPSA) is 193 Å². The van der Waals surface area contributed by atoms with E-state index in [1.54, 1.807) is 0 Å². The molecule has 0 aromatic carbocycles. The molecular weight excluding hydrogens is 268 g/mol. The minimum absolute atomic E-state index is 0.0809. The number of rotatable bonds is 6. The summed E-state index contributed by atoms with van der Waals surface area (Å²) in [5.74, 6) is -2.94. The number of aldehydes is 1. The summed E-state index contributed by atoms with van der Waals surface area (Å²) in [6.07, 6.45) is -9.62. The highest BCUT2D eigenvalue weighted by Crippen LogP contribution is 2.03. The molecule has 0 amide bonds. The Balaban J connectivity index is 0. The van der Waals surface area contributed by atoms with Crippen LogP contribution in [-0.2, 0) is 14.4 Å². The van der Waals surface area contributed by atoms with Gasteiger partial charge in [-0.1, -0.05) is 0 Å². The second-order valence-electron chi connectivity index (χ2n) is 3.41. The molecular formula is C9H16O10. The number of carbonyl (C=O) groups is 3. The second-order valence-corrected chi connectivity index (χ2v) is 3.41. The van der Waals surface area contributed by atoms with Crippen LogP contribution in [0, 0.1) is 0 Å². The maximum atomic E-state index is 10.1. The van der Waals surface area contributed by atoms with E-state index in [1.807, 2.05) is 0 Å². The Morgan fingerprint density at radius 1 is 0.895 bits per heavy atom. The molecule has 1 unspecified atom stereocenters. The molecule has 19 heavy (non-hydrogen) atoms. The van der Waals surface area contributed by atoms with Gasteiger partial charge in [-0.15, -0.1) is 0 Å². The Morgan fingerprint density at radius 2 is 1.26 bits per heavy atom. The van der Waals surface area contributed by atoms with Gasteiger partial charge in [-0.2, -0.15) is 0 Å². The van der Waals surface area contributed by atoms with Crippen molar-refractivity contribution in [3.8, 4) is 0 Å². The van der Waals surface area contributed by atoms with Gasteiger partial charge in [-0.25, -0.2) is 9.59 Å².